The van der Waals surface area contributed by atoms with Gasteiger partial charge < -0.3 is 14.2 Å². The summed E-state index contributed by atoms with van der Waals surface area (Å²) < 4.78 is 18.7. The van der Waals surface area contributed by atoms with Crippen LogP contribution in [0.5, 0.6) is 0 Å². The van der Waals surface area contributed by atoms with Crippen LogP contribution in [0.3, 0.4) is 0 Å². The first-order valence-corrected chi connectivity index (χ1v) is 13.8. The largest absolute Gasteiger partial charge is 0.478 e. The Bertz CT molecular complexity index is 1220. The first-order chi connectivity index (χ1) is 17.9. The molecule has 0 unspecified atom stereocenters. The van der Waals surface area contributed by atoms with Crippen LogP contribution in [0.25, 0.3) is 21.5 Å². The Morgan fingerprint density at radius 1 is 0.838 bits per heavy atom. The Hall–Kier alpha value is -2.92. The topological polar surface area (TPSA) is 52.4 Å². The molecule has 2 aliphatic heterocycles. The van der Waals surface area contributed by atoms with Gasteiger partial charge in [-0.15, -0.1) is 0 Å². The SMILES string of the molecule is CC(C)[C@H]1COC(C(C)(CCCOCc2c3ccccc3cc3ccccc23)C2=N[C@@H](C(C)C)CO2)=N1. The van der Waals surface area contributed by atoms with E-state index in [0.29, 0.717) is 38.3 Å². The predicted octanol–water partition coefficient (Wildman–Crippen LogP) is 7.20. The van der Waals surface area contributed by atoms with Crippen LogP contribution in [0.2, 0.25) is 0 Å². The van der Waals surface area contributed by atoms with E-state index in [9.17, 15) is 0 Å². The van der Waals surface area contributed by atoms with Gasteiger partial charge >= 0.3 is 0 Å². The van der Waals surface area contributed by atoms with Crippen molar-refractivity contribution in [2.75, 3.05) is 19.8 Å². The standard InChI is InChI=1S/C32H40N2O3/c1-21(2)28-19-36-30(33-28)32(5,31-34-29(20-37-31)22(3)4)15-10-16-35-18-27-25-13-8-6-11-23(25)17-24-12-7-9-14-26(24)27/h6-9,11-14,17,21-22,28-29H,10,15-16,18-20H2,1-5H3/t28-,29-/m1/s1. The highest BCUT2D eigenvalue weighted by molar-refractivity contribution is 6.06. The van der Waals surface area contributed by atoms with Crippen LogP contribution in [0.1, 0.15) is 53.0 Å². The highest BCUT2D eigenvalue weighted by Gasteiger charge is 2.45. The third kappa shape index (κ3) is 5.24. The second-order valence-corrected chi connectivity index (χ2v) is 11.4. The Balaban J connectivity index is 1.31. The Labute approximate surface area is 220 Å². The van der Waals surface area contributed by atoms with E-state index >= 15 is 0 Å². The molecule has 0 radical (unpaired) electrons. The first kappa shape index (κ1) is 25.7. The smallest absolute Gasteiger partial charge is 0.199 e. The van der Waals surface area contributed by atoms with Crippen LogP contribution in [-0.2, 0) is 20.8 Å². The van der Waals surface area contributed by atoms with Gasteiger partial charge in [-0.25, -0.2) is 9.98 Å². The minimum atomic E-state index is -0.469. The minimum absolute atomic E-state index is 0.188. The molecule has 3 aromatic rings. The fraction of sp³-hybridized carbons (Fsp3) is 0.500. The summed E-state index contributed by atoms with van der Waals surface area (Å²) >= 11 is 0. The van der Waals surface area contributed by atoms with E-state index in [0.717, 1.165) is 24.6 Å². The molecule has 0 saturated heterocycles. The van der Waals surface area contributed by atoms with Crippen molar-refractivity contribution in [1.82, 2.24) is 0 Å². The molecule has 2 aliphatic rings. The summed E-state index contributed by atoms with van der Waals surface area (Å²) in [6.45, 7) is 13.5. The Kier molecular flexibility index (Phi) is 7.52. The number of benzene rings is 3. The van der Waals surface area contributed by atoms with Gasteiger partial charge in [0.25, 0.3) is 0 Å². The van der Waals surface area contributed by atoms with Crippen molar-refractivity contribution in [3.63, 3.8) is 0 Å². The predicted molar refractivity (Wildman–Crippen MR) is 152 cm³/mol. The number of nitrogens with zero attached hydrogens (tertiary/aromatic N) is 2. The molecule has 37 heavy (non-hydrogen) atoms. The number of rotatable bonds is 10. The van der Waals surface area contributed by atoms with E-state index in [1.54, 1.807) is 0 Å². The molecule has 2 heterocycles. The second kappa shape index (κ2) is 10.8. The Morgan fingerprint density at radius 3 is 1.84 bits per heavy atom. The first-order valence-electron chi connectivity index (χ1n) is 13.8. The summed E-state index contributed by atoms with van der Waals surface area (Å²) in [5.41, 5.74) is 0.783. The zero-order valence-corrected chi connectivity index (χ0v) is 22.9. The van der Waals surface area contributed by atoms with Gasteiger partial charge in [0.1, 0.15) is 18.6 Å². The lowest BCUT2D eigenvalue weighted by molar-refractivity contribution is 0.114. The molecule has 5 nitrogen and oxygen atoms in total. The molecule has 0 amide bonds. The van der Waals surface area contributed by atoms with Crippen molar-refractivity contribution in [1.29, 1.82) is 0 Å². The average molecular weight is 501 g/mol. The van der Waals surface area contributed by atoms with Crippen molar-refractivity contribution in [3.05, 3.63) is 60.2 Å². The van der Waals surface area contributed by atoms with Crippen molar-refractivity contribution in [2.45, 2.75) is 66.2 Å². The number of hydrogen-bond acceptors (Lipinski definition) is 5. The second-order valence-electron chi connectivity index (χ2n) is 11.4. The number of ether oxygens (including phenoxy) is 3. The zero-order valence-electron chi connectivity index (χ0n) is 22.9. The van der Waals surface area contributed by atoms with Gasteiger partial charge in [-0.1, -0.05) is 76.2 Å². The van der Waals surface area contributed by atoms with E-state index in [1.165, 1.54) is 27.1 Å². The zero-order chi connectivity index (χ0) is 26.0. The molecule has 196 valence electrons. The number of aliphatic imine (C=N–C) groups is 2. The van der Waals surface area contributed by atoms with Crippen molar-refractivity contribution in [3.8, 4) is 0 Å². The minimum Gasteiger partial charge on any atom is -0.478 e. The summed E-state index contributed by atoms with van der Waals surface area (Å²) in [5, 5.41) is 5.01. The van der Waals surface area contributed by atoms with E-state index in [1.807, 2.05) is 0 Å². The lowest BCUT2D eigenvalue weighted by Crippen LogP contribution is -2.37. The van der Waals surface area contributed by atoms with Gasteiger partial charge in [0.05, 0.1) is 18.7 Å². The summed E-state index contributed by atoms with van der Waals surface area (Å²) in [4.78, 5) is 9.96. The van der Waals surface area contributed by atoms with Gasteiger partial charge in [-0.05, 0) is 64.8 Å². The van der Waals surface area contributed by atoms with Gasteiger partial charge in [0, 0.05) is 6.61 Å². The molecule has 5 rings (SSSR count). The molecule has 0 N–H and O–H groups in total. The van der Waals surface area contributed by atoms with Gasteiger partial charge in [0.15, 0.2) is 11.8 Å². The van der Waals surface area contributed by atoms with Gasteiger partial charge in [0.2, 0.25) is 0 Å². The quantitative estimate of drug-likeness (QED) is 0.218. The van der Waals surface area contributed by atoms with Crippen LogP contribution in [0, 0.1) is 17.3 Å². The van der Waals surface area contributed by atoms with Crippen LogP contribution in [-0.4, -0.2) is 43.7 Å². The summed E-state index contributed by atoms with van der Waals surface area (Å²) in [5.74, 6) is 2.43. The maximum atomic E-state index is 6.31. The molecule has 0 bridgehead atoms. The molecule has 2 atom stereocenters. The molecule has 0 spiro atoms. The highest BCUT2D eigenvalue weighted by Crippen LogP contribution is 2.36. The lowest BCUT2D eigenvalue weighted by atomic mass is 9.84. The van der Waals surface area contributed by atoms with Crippen molar-refractivity contribution in [2.24, 2.45) is 27.2 Å². The summed E-state index contributed by atoms with van der Waals surface area (Å²) in [7, 11) is 0. The van der Waals surface area contributed by atoms with Crippen LogP contribution in [0.15, 0.2) is 64.6 Å². The van der Waals surface area contributed by atoms with E-state index in [-0.39, 0.29) is 12.1 Å². The molecule has 0 fully saturated rings. The third-order valence-corrected chi connectivity index (χ3v) is 7.93. The van der Waals surface area contributed by atoms with Crippen LogP contribution >= 0.6 is 0 Å². The van der Waals surface area contributed by atoms with Crippen molar-refractivity contribution < 1.29 is 14.2 Å². The number of fused-ring (bicyclic) bond motifs is 2. The molecular formula is C32H40N2O3. The average Bonchev–Trinajstić information content (AvgIpc) is 3.59. The van der Waals surface area contributed by atoms with Crippen molar-refractivity contribution >= 4 is 33.3 Å². The molecule has 0 aromatic heterocycles. The Morgan fingerprint density at radius 2 is 1.35 bits per heavy atom. The highest BCUT2D eigenvalue weighted by atomic mass is 16.5. The maximum absolute atomic E-state index is 6.31. The fourth-order valence-electron chi connectivity index (χ4n) is 5.34. The maximum Gasteiger partial charge on any atom is 0.199 e. The van der Waals surface area contributed by atoms with E-state index < -0.39 is 5.41 Å². The molecule has 0 saturated carbocycles. The van der Waals surface area contributed by atoms with Gasteiger partial charge in [-0.3, -0.25) is 0 Å². The summed E-state index contributed by atoms with van der Waals surface area (Å²) in [6, 6.07) is 19.8. The number of hydrogen-bond donors (Lipinski definition) is 0. The van der Waals surface area contributed by atoms with E-state index in [4.69, 9.17) is 24.2 Å². The van der Waals surface area contributed by atoms with Crippen LogP contribution in [0.4, 0.5) is 0 Å². The van der Waals surface area contributed by atoms with E-state index in [2.05, 4.69) is 89.2 Å². The fourth-order valence-corrected chi connectivity index (χ4v) is 5.34. The summed E-state index contributed by atoms with van der Waals surface area (Å²) in [6.07, 6.45) is 1.68. The monoisotopic (exact) mass is 500 g/mol. The normalized spacial score (nSPS) is 20.0. The lowest BCUT2D eigenvalue weighted by Gasteiger charge is -2.28. The molecule has 0 aliphatic carbocycles. The van der Waals surface area contributed by atoms with Gasteiger partial charge in [-0.2, -0.15) is 0 Å². The molecular weight excluding hydrogens is 460 g/mol. The third-order valence-electron chi connectivity index (χ3n) is 7.93. The molecule has 3 aromatic carbocycles. The molecule has 5 heteroatoms. The van der Waals surface area contributed by atoms with Crippen LogP contribution < -0.4 is 0 Å².